The molecular formula is C14H21NO3S. The van der Waals surface area contributed by atoms with Gasteiger partial charge in [-0.25, -0.2) is 12.7 Å². The van der Waals surface area contributed by atoms with E-state index in [0.717, 1.165) is 9.87 Å². The summed E-state index contributed by atoms with van der Waals surface area (Å²) in [5, 5.41) is 0. The first kappa shape index (κ1) is 15.7. The normalized spacial score (nSPS) is 12.3. The first-order valence-corrected chi connectivity index (χ1v) is 7.69. The van der Waals surface area contributed by atoms with Crippen molar-refractivity contribution >= 4 is 15.9 Å². The van der Waals surface area contributed by atoms with Crippen molar-refractivity contribution in [3.63, 3.8) is 0 Å². The zero-order valence-electron chi connectivity index (χ0n) is 12.1. The molecular weight excluding hydrogens is 262 g/mol. The minimum absolute atomic E-state index is 0.148. The number of amides is 1. The van der Waals surface area contributed by atoms with Crippen LogP contribution in [-0.4, -0.2) is 24.2 Å². The Kier molecular flexibility index (Phi) is 4.40. The second-order valence-electron chi connectivity index (χ2n) is 5.50. The zero-order valence-corrected chi connectivity index (χ0v) is 12.9. The maximum Gasteiger partial charge on any atom is 0.266 e. The molecule has 0 saturated heterocycles. The summed E-state index contributed by atoms with van der Waals surface area (Å²) in [7, 11) is -3.80. The summed E-state index contributed by atoms with van der Waals surface area (Å²) in [5.74, 6) is -0.395. The van der Waals surface area contributed by atoms with Gasteiger partial charge in [0, 0.05) is 6.42 Å². The summed E-state index contributed by atoms with van der Waals surface area (Å²) in [6.07, 6.45) is 0.155. The molecule has 0 bridgehead atoms. The summed E-state index contributed by atoms with van der Waals surface area (Å²) >= 11 is 0. The van der Waals surface area contributed by atoms with E-state index in [0.29, 0.717) is 0 Å². The summed E-state index contributed by atoms with van der Waals surface area (Å²) in [5.41, 5.74) is 0.194. The van der Waals surface area contributed by atoms with Crippen LogP contribution in [0.25, 0.3) is 0 Å². The molecule has 1 amide bonds. The largest absolute Gasteiger partial charge is 0.274 e. The van der Waals surface area contributed by atoms with E-state index >= 15 is 0 Å². The van der Waals surface area contributed by atoms with Gasteiger partial charge in [0.05, 0.1) is 10.4 Å². The molecule has 0 spiro atoms. The number of sulfonamides is 1. The topological polar surface area (TPSA) is 54.5 Å². The minimum atomic E-state index is -3.80. The van der Waals surface area contributed by atoms with Gasteiger partial charge in [-0.2, -0.15) is 0 Å². The highest BCUT2D eigenvalue weighted by molar-refractivity contribution is 7.89. The lowest BCUT2D eigenvalue weighted by Crippen LogP contribution is -2.49. The number of hydrogen-bond acceptors (Lipinski definition) is 3. The van der Waals surface area contributed by atoms with E-state index in [-0.39, 0.29) is 11.3 Å². The van der Waals surface area contributed by atoms with Crippen LogP contribution in [0.1, 0.15) is 39.7 Å². The Hall–Kier alpha value is -1.36. The Bertz CT molecular complexity index is 553. The third-order valence-electron chi connectivity index (χ3n) is 2.70. The van der Waals surface area contributed by atoms with Gasteiger partial charge >= 0.3 is 0 Å². The minimum Gasteiger partial charge on any atom is -0.274 e. The molecule has 0 aromatic heterocycles. The molecule has 1 rings (SSSR count). The first-order chi connectivity index (χ1) is 8.60. The smallest absolute Gasteiger partial charge is 0.266 e. The van der Waals surface area contributed by atoms with Crippen LogP contribution in [0.2, 0.25) is 0 Å². The van der Waals surface area contributed by atoms with E-state index in [1.165, 1.54) is 12.1 Å². The molecule has 0 fully saturated rings. The molecule has 106 valence electrons. The Balaban J connectivity index is 3.36. The van der Waals surface area contributed by atoms with Crippen LogP contribution in [0, 0.1) is 6.92 Å². The molecule has 0 unspecified atom stereocenters. The fourth-order valence-electron chi connectivity index (χ4n) is 1.83. The highest BCUT2D eigenvalue weighted by Crippen LogP contribution is 2.25. The molecule has 0 saturated carbocycles. The Morgan fingerprint density at radius 2 is 1.63 bits per heavy atom. The van der Waals surface area contributed by atoms with Crippen molar-refractivity contribution in [2.24, 2.45) is 0 Å². The Morgan fingerprint density at radius 3 is 2.00 bits per heavy atom. The zero-order chi connectivity index (χ0) is 14.8. The van der Waals surface area contributed by atoms with Gasteiger partial charge < -0.3 is 0 Å². The van der Waals surface area contributed by atoms with Crippen molar-refractivity contribution < 1.29 is 13.2 Å². The number of carbonyl (C=O) groups excluding carboxylic acids is 1. The number of carbonyl (C=O) groups is 1. The van der Waals surface area contributed by atoms with E-state index in [1.807, 2.05) is 6.92 Å². The second-order valence-corrected chi connectivity index (χ2v) is 7.29. The lowest BCUT2D eigenvalue weighted by atomic mass is 10.1. The molecule has 0 aliphatic heterocycles. The molecule has 19 heavy (non-hydrogen) atoms. The van der Waals surface area contributed by atoms with Gasteiger partial charge in [-0.3, -0.25) is 4.79 Å². The summed E-state index contributed by atoms with van der Waals surface area (Å²) in [6, 6.07) is 6.52. The highest BCUT2D eigenvalue weighted by Gasteiger charge is 2.37. The first-order valence-electron chi connectivity index (χ1n) is 6.25. The van der Waals surface area contributed by atoms with Crippen molar-refractivity contribution in [2.45, 2.75) is 51.5 Å². The van der Waals surface area contributed by atoms with Crippen molar-refractivity contribution in [1.29, 1.82) is 0 Å². The van der Waals surface area contributed by atoms with Gasteiger partial charge in [0.25, 0.3) is 10.0 Å². The van der Waals surface area contributed by atoms with Crippen LogP contribution in [0.3, 0.4) is 0 Å². The van der Waals surface area contributed by atoms with Crippen LogP contribution in [-0.2, 0) is 14.8 Å². The fourth-order valence-corrected chi connectivity index (χ4v) is 3.64. The lowest BCUT2D eigenvalue weighted by molar-refractivity contribution is -0.129. The summed E-state index contributed by atoms with van der Waals surface area (Å²) in [6.45, 7) is 8.69. The van der Waals surface area contributed by atoms with Crippen LogP contribution >= 0.6 is 0 Å². The van der Waals surface area contributed by atoms with Crippen molar-refractivity contribution in [2.75, 3.05) is 0 Å². The van der Waals surface area contributed by atoms with E-state index in [9.17, 15) is 13.2 Å². The van der Waals surface area contributed by atoms with Gasteiger partial charge in [-0.05, 0) is 39.8 Å². The number of rotatable bonds is 3. The molecule has 1 aromatic carbocycles. The average molecular weight is 283 g/mol. The molecule has 0 aliphatic carbocycles. The van der Waals surface area contributed by atoms with Gasteiger partial charge in [0.15, 0.2) is 0 Å². The van der Waals surface area contributed by atoms with Gasteiger partial charge in [-0.1, -0.05) is 24.6 Å². The van der Waals surface area contributed by atoms with Crippen LogP contribution in [0.4, 0.5) is 0 Å². The van der Waals surface area contributed by atoms with Crippen molar-refractivity contribution in [3.05, 3.63) is 29.8 Å². The summed E-state index contributed by atoms with van der Waals surface area (Å²) in [4.78, 5) is 12.1. The van der Waals surface area contributed by atoms with E-state index in [2.05, 4.69) is 0 Å². The lowest BCUT2D eigenvalue weighted by Gasteiger charge is -2.34. The van der Waals surface area contributed by atoms with Gasteiger partial charge in [0.1, 0.15) is 0 Å². The van der Waals surface area contributed by atoms with E-state index < -0.39 is 21.5 Å². The molecule has 1 aromatic rings. The predicted octanol–water partition coefficient (Wildman–Crippen LogP) is 2.72. The van der Waals surface area contributed by atoms with Crippen molar-refractivity contribution in [3.8, 4) is 0 Å². The van der Waals surface area contributed by atoms with Crippen LogP contribution < -0.4 is 0 Å². The summed E-state index contributed by atoms with van der Waals surface area (Å²) < 4.78 is 26.2. The molecule has 5 heteroatoms. The van der Waals surface area contributed by atoms with Crippen LogP contribution in [0.15, 0.2) is 29.2 Å². The Morgan fingerprint density at radius 1 is 1.16 bits per heavy atom. The fraction of sp³-hybridized carbons (Fsp3) is 0.500. The molecule has 0 aliphatic rings. The maximum atomic E-state index is 12.6. The van der Waals surface area contributed by atoms with E-state index in [1.54, 1.807) is 39.8 Å². The molecule has 0 heterocycles. The van der Waals surface area contributed by atoms with E-state index in [4.69, 9.17) is 0 Å². The number of nitrogens with zero attached hydrogens (tertiary/aromatic N) is 1. The third kappa shape index (κ3) is 3.35. The number of aryl methyl sites for hydroxylation is 1. The number of benzene rings is 1. The second kappa shape index (κ2) is 5.33. The average Bonchev–Trinajstić information content (AvgIpc) is 2.27. The van der Waals surface area contributed by atoms with Crippen LogP contribution in [0.5, 0.6) is 0 Å². The highest BCUT2D eigenvalue weighted by atomic mass is 32.2. The molecule has 4 nitrogen and oxygen atoms in total. The third-order valence-corrected chi connectivity index (χ3v) is 4.80. The monoisotopic (exact) mass is 283 g/mol. The molecule has 0 atom stereocenters. The SMILES string of the molecule is CCC(=O)N(C(C)(C)C)S(=O)(=O)c1ccc(C)cc1. The molecule has 0 N–H and O–H groups in total. The quantitative estimate of drug-likeness (QED) is 0.857. The number of hydrogen-bond donors (Lipinski definition) is 0. The van der Waals surface area contributed by atoms with Crippen molar-refractivity contribution in [1.82, 2.24) is 4.31 Å². The maximum absolute atomic E-state index is 12.6. The van der Waals surface area contributed by atoms with Gasteiger partial charge in [0.2, 0.25) is 5.91 Å². The Labute approximate surface area is 115 Å². The molecule has 0 radical (unpaired) electrons. The van der Waals surface area contributed by atoms with Gasteiger partial charge in [-0.15, -0.1) is 0 Å². The standard InChI is InChI=1S/C14H21NO3S/c1-6-13(16)15(14(3,4)5)19(17,18)12-9-7-11(2)8-10-12/h7-10H,6H2,1-5H3. The predicted molar refractivity (Wildman–Crippen MR) is 75.3 cm³/mol.